The minimum atomic E-state index is 0.896. The molecule has 2 aromatic rings. The van der Waals surface area contributed by atoms with Gasteiger partial charge in [0.2, 0.25) is 0 Å². The van der Waals surface area contributed by atoms with Crippen LogP contribution in [0.25, 0.3) is 17.2 Å². The number of hydrogen-bond donors (Lipinski definition) is 1. The van der Waals surface area contributed by atoms with E-state index in [1.807, 2.05) is 30.5 Å². The molecule has 0 unspecified atom stereocenters. The van der Waals surface area contributed by atoms with Crippen molar-refractivity contribution in [2.24, 2.45) is 0 Å². The fourth-order valence-corrected chi connectivity index (χ4v) is 2.37. The molecule has 0 aliphatic carbocycles. The molecule has 2 aromatic carbocycles. The minimum Gasteiger partial charge on any atom is -0.496 e. The molecule has 0 amide bonds. The Bertz CT molecular complexity index is 656. The van der Waals surface area contributed by atoms with Crippen LogP contribution >= 0.6 is 0 Å². The molecule has 1 aliphatic rings. The Balaban J connectivity index is 2.03. The fraction of sp³-hybridized carbons (Fsp3) is 0.111. The van der Waals surface area contributed by atoms with Crippen molar-refractivity contribution in [1.29, 1.82) is 0 Å². The second kappa shape index (κ2) is 5.66. The van der Waals surface area contributed by atoms with Gasteiger partial charge in [-0.05, 0) is 47.2 Å². The molecule has 0 radical (unpaired) electrons. The molecular formula is C18H17NO. The van der Waals surface area contributed by atoms with E-state index in [9.17, 15) is 0 Å². The lowest BCUT2D eigenvalue weighted by molar-refractivity contribution is 0.416. The van der Waals surface area contributed by atoms with Crippen LogP contribution in [0.1, 0.15) is 5.56 Å². The molecule has 3 rings (SSSR count). The summed E-state index contributed by atoms with van der Waals surface area (Å²) in [7, 11) is 1.71. The van der Waals surface area contributed by atoms with Crippen LogP contribution in [0.4, 0.5) is 0 Å². The highest BCUT2D eigenvalue weighted by atomic mass is 16.5. The Labute approximate surface area is 119 Å². The number of methoxy groups -OCH3 is 1. The van der Waals surface area contributed by atoms with Crippen LogP contribution < -0.4 is 10.1 Å². The third kappa shape index (κ3) is 2.59. The summed E-state index contributed by atoms with van der Waals surface area (Å²) in [6, 6.07) is 16.6. The lowest BCUT2D eigenvalue weighted by Crippen LogP contribution is -1.99. The highest BCUT2D eigenvalue weighted by Crippen LogP contribution is 2.31. The summed E-state index contributed by atoms with van der Waals surface area (Å²) in [6.45, 7) is 0.896. The maximum absolute atomic E-state index is 5.48. The zero-order valence-corrected chi connectivity index (χ0v) is 11.5. The van der Waals surface area contributed by atoms with Gasteiger partial charge in [0.1, 0.15) is 5.75 Å². The van der Waals surface area contributed by atoms with E-state index in [4.69, 9.17) is 4.74 Å². The second-order valence-electron chi connectivity index (χ2n) is 4.76. The van der Waals surface area contributed by atoms with Gasteiger partial charge in [0.05, 0.1) is 7.11 Å². The van der Waals surface area contributed by atoms with Crippen LogP contribution in [0.2, 0.25) is 0 Å². The molecule has 0 saturated carbocycles. The van der Waals surface area contributed by atoms with Gasteiger partial charge >= 0.3 is 0 Å². The third-order valence-electron chi connectivity index (χ3n) is 3.38. The average molecular weight is 263 g/mol. The normalized spacial score (nSPS) is 15.3. The van der Waals surface area contributed by atoms with E-state index >= 15 is 0 Å². The van der Waals surface area contributed by atoms with Gasteiger partial charge in [-0.1, -0.05) is 36.4 Å². The zero-order valence-electron chi connectivity index (χ0n) is 11.5. The van der Waals surface area contributed by atoms with Gasteiger partial charge in [0.25, 0.3) is 0 Å². The van der Waals surface area contributed by atoms with Crippen LogP contribution in [0, 0.1) is 0 Å². The molecule has 1 aliphatic heterocycles. The van der Waals surface area contributed by atoms with E-state index < -0.39 is 0 Å². The molecule has 0 atom stereocenters. The maximum atomic E-state index is 5.48. The summed E-state index contributed by atoms with van der Waals surface area (Å²) in [6.07, 6.45) is 6.28. The summed E-state index contributed by atoms with van der Waals surface area (Å²) in [4.78, 5) is 0. The van der Waals surface area contributed by atoms with Crippen LogP contribution in [-0.2, 0) is 0 Å². The van der Waals surface area contributed by atoms with Gasteiger partial charge in [-0.3, -0.25) is 0 Å². The van der Waals surface area contributed by atoms with Gasteiger partial charge < -0.3 is 10.1 Å². The summed E-state index contributed by atoms with van der Waals surface area (Å²) in [5, 5.41) is 3.19. The van der Waals surface area contributed by atoms with Gasteiger partial charge in [0, 0.05) is 12.1 Å². The number of rotatable bonds is 3. The highest BCUT2D eigenvalue weighted by molar-refractivity contribution is 5.74. The molecule has 2 nitrogen and oxygen atoms in total. The largest absolute Gasteiger partial charge is 0.496 e. The first-order chi connectivity index (χ1) is 9.86. The van der Waals surface area contributed by atoms with Crippen molar-refractivity contribution >= 4 is 6.08 Å². The Kier molecular flexibility index (Phi) is 3.55. The van der Waals surface area contributed by atoms with Gasteiger partial charge in [-0.15, -0.1) is 0 Å². The molecule has 2 heteroatoms. The van der Waals surface area contributed by atoms with E-state index in [0.717, 1.165) is 17.9 Å². The number of hydrogen-bond acceptors (Lipinski definition) is 2. The quantitative estimate of drug-likeness (QED) is 0.907. The van der Waals surface area contributed by atoms with Crippen molar-refractivity contribution < 1.29 is 4.74 Å². The van der Waals surface area contributed by atoms with Crippen LogP contribution in [-0.4, -0.2) is 13.7 Å². The van der Waals surface area contributed by atoms with Crippen molar-refractivity contribution in [3.63, 3.8) is 0 Å². The molecule has 20 heavy (non-hydrogen) atoms. The molecule has 1 N–H and O–H groups in total. The molecule has 0 saturated heterocycles. The number of nitrogens with one attached hydrogen (secondary N) is 1. The monoisotopic (exact) mass is 263 g/mol. The van der Waals surface area contributed by atoms with Crippen molar-refractivity contribution in [2.75, 3.05) is 13.7 Å². The van der Waals surface area contributed by atoms with E-state index in [1.165, 1.54) is 16.7 Å². The van der Waals surface area contributed by atoms with Gasteiger partial charge in [-0.2, -0.15) is 0 Å². The summed E-state index contributed by atoms with van der Waals surface area (Å²) < 4.78 is 5.48. The standard InChI is InChI=1S/C18H17NO/c1-20-18-8-7-14(11-15-9-10-19-13-15)12-17(18)16-5-3-2-4-6-16/h2-12,19H,13H2,1H3. The van der Waals surface area contributed by atoms with E-state index in [2.05, 4.69) is 41.7 Å². The Hall–Kier alpha value is -2.48. The topological polar surface area (TPSA) is 21.3 Å². The first-order valence-electron chi connectivity index (χ1n) is 6.71. The third-order valence-corrected chi connectivity index (χ3v) is 3.38. The first kappa shape index (κ1) is 12.5. The summed E-state index contributed by atoms with van der Waals surface area (Å²) in [5.74, 6) is 0.901. The van der Waals surface area contributed by atoms with Crippen molar-refractivity contribution in [3.8, 4) is 16.9 Å². The fourth-order valence-electron chi connectivity index (χ4n) is 2.37. The van der Waals surface area contributed by atoms with Crippen LogP contribution in [0.3, 0.4) is 0 Å². The van der Waals surface area contributed by atoms with Crippen molar-refractivity contribution in [1.82, 2.24) is 5.32 Å². The molecule has 0 fully saturated rings. The summed E-state index contributed by atoms with van der Waals surface area (Å²) in [5.41, 5.74) is 4.77. The Morgan fingerprint density at radius 3 is 2.65 bits per heavy atom. The number of benzene rings is 2. The van der Waals surface area contributed by atoms with Gasteiger partial charge in [0.15, 0.2) is 0 Å². The van der Waals surface area contributed by atoms with Crippen molar-refractivity contribution in [2.45, 2.75) is 0 Å². The molecule has 0 bridgehead atoms. The Morgan fingerprint density at radius 1 is 1.10 bits per heavy atom. The molecule has 0 aromatic heterocycles. The maximum Gasteiger partial charge on any atom is 0.126 e. The SMILES string of the molecule is COc1ccc(C=C2C=CNC2)cc1-c1ccccc1. The summed E-state index contributed by atoms with van der Waals surface area (Å²) >= 11 is 0. The van der Waals surface area contributed by atoms with Crippen LogP contribution in [0.5, 0.6) is 5.75 Å². The Morgan fingerprint density at radius 2 is 1.95 bits per heavy atom. The predicted molar refractivity (Wildman–Crippen MR) is 83.5 cm³/mol. The minimum absolute atomic E-state index is 0.896. The average Bonchev–Trinajstić information content (AvgIpc) is 3.01. The molecular weight excluding hydrogens is 246 g/mol. The van der Waals surface area contributed by atoms with E-state index in [1.54, 1.807) is 7.11 Å². The first-order valence-corrected chi connectivity index (χ1v) is 6.71. The van der Waals surface area contributed by atoms with E-state index in [-0.39, 0.29) is 0 Å². The molecule has 1 heterocycles. The van der Waals surface area contributed by atoms with Crippen molar-refractivity contribution in [3.05, 3.63) is 71.9 Å². The lowest BCUT2D eigenvalue weighted by Gasteiger charge is -2.10. The molecule has 100 valence electrons. The highest BCUT2D eigenvalue weighted by Gasteiger charge is 2.07. The second-order valence-corrected chi connectivity index (χ2v) is 4.76. The van der Waals surface area contributed by atoms with Gasteiger partial charge in [-0.25, -0.2) is 0 Å². The smallest absolute Gasteiger partial charge is 0.126 e. The van der Waals surface area contributed by atoms with Crippen LogP contribution in [0.15, 0.2) is 66.4 Å². The molecule has 0 spiro atoms. The van der Waals surface area contributed by atoms with E-state index in [0.29, 0.717) is 0 Å². The zero-order chi connectivity index (χ0) is 13.8. The lowest BCUT2D eigenvalue weighted by atomic mass is 10.0. The predicted octanol–water partition coefficient (Wildman–Crippen LogP) is 3.86. The number of ether oxygens (including phenoxy) is 1.